The van der Waals surface area contributed by atoms with Gasteiger partial charge in [0.05, 0.1) is 0 Å². The number of hydrogen-bond donors (Lipinski definition) is 0. The van der Waals surface area contributed by atoms with Crippen LogP contribution in [-0.4, -0.2) is 0 Å². The molecule has 0 saturated heterocycles. The highest BCUT2D eigenvalue weighted by Gasteiger charge is 2.36. The highest BCUT2D eigenvalue weighted by molar-refractivity contribution is 6.00. The fourth-order valence-electron chi connectivity index (χ4n) is 9.21. The van der Waals surface area contributed by atoms with E-state index in [0.29, 0.717) is 0 Å². The van der Waals surface area contributed by atoms with Gasteiger partial charge in [0.25, 0.3) is 0 Å². The van der Waals surface area contributed by atoms with E-state index in [9.17, 15) is 0 Å². The minimum absolute atomic E-state index is 0.125. The van der Waals surface area contributed by atoms with Crippen LogP contribution in [0.5, 0.6) is 11.5 Å². The van der Waals surface area contributed by atoms with Crippen molar-refractivity contribution in [1.82, 2.24) is 0 Å². The Labute approximate surface area is 333 Å². The van der Waals surface area contributed by atoms with E-state index >= 15 is 0 Å². The van der Waals surface area contributed by atoms with E-state index in [1.54, 1.807) is 0 Å². The lowest BCUT2D eigenvalue weighted by atomic mass is 9.82. The fraction of sp³-hybridized carbons (Fsp3) is 0.0545. The molecule has 0 atom stereocenters. The van der Waals surface area contributed by atoms with Crippen molar-refractivity contribution in [3.63, 3.8) is 0 Å². The molecule has 0 fully saturated rings. The van der Waals surface area contributed by atoms with Gasteiger partial charge in [-0.1, -0.05) is 159 Å². The van der Waals surface area contributed by atoms with Gasteiger partial charge in [0.1, 0.15) is 11.5 Å². The van der Waals surface area contributed by atoms with Gasteiger partial charge in [-0.15, -0.1) is 0 Å². The molecule has 0 aromatic heterocycles. The Kier molecular flexibility index (Phi) is 7.55. The summed E-state index contributed by atoms with van der Waals surface area (Å²) in [6, 6.07) is 72.6. The zero-order valence-electron chi connectivity index (χ0n) is 31.9. The summed E-state index contributed by atoms with van der Waals surface area (Å²) in [5, 5.41) is 2.45. The summed E-state index contributed by atoms with van der Waals surface area (Å²) in [7, 11) is 0. The third kappa shape index (κ3) is 5.40. The van der Waals surface area contributed by atoms with E-state index in [1.165, 1.54) is 49.7 Å². The average Bonchev–Trinajstić information content (AvgIpc) is 3.39. The molecule has 0 unspecified atom stereocenters. The average molecular weight is 730 g/mol. The van der Waals surface area contributed by atoms with Crippen molar-refractivity contribution in [1.29, 1.82) is 0 Å². The molecule has 2 nitrogen and oxygen atoms in total. The molecule has 1 heterocycles. The standard InChI is InChI=1S/C55H39NO/c1-55(2)50-21-11-10-18-46(50)47-31-29-43(35-51(47)55)56(41-27-25-38(26-28-41)36-13-4-3-5-14-36)42-30-32-52-49(34-42)45-17-8-9-19-48(45)54-44(20-12-22-53(54)57-52)40-24-23-37-15-6-7-16-39(37)33-40/h3-35H,1-2H3. The first kappa shape index (κ1) is 33.2. The number of rotatable bonds is 5. The number of nitrogens with zero attached hydrogens (tertiary/aromatic N) is 1. The first-order valence-corrected chi connectivity index (χ1v) is 19.8. The Bertz CT molecular complexity index is 3010. The Hall–Kier alpha value is -7.16. The van der Waals surface area contributed by atoms with Gasteiger partial charge in [-0.25, -0.2) is 0 Å². The minimum atomic E-state index is -0.125. The van der Waals surface area contributed by atoms with Crippen LogP contribution in [0.4, 0.5) is 17.1 Å². The Morgan fingerprint density at radius 2 is 0.965 bits per heavy atom. The van der Waals surface area contributed by atoms with Crippen molar-refractivity contribution < 1.29 is 4.74 Å². The molecule has 270 valence electrons. The predicted octanol–water partition coefficient (Wildman–Crippen LogP) is 15.4. The van der Waals surface area contributed by atoms with E-state index in [-0.39, 0.29) is 5.41 Å². The van der Waals surface area contributed by atoms with Crippen LogP contribution in [-0.2, 0) is 5.41 Å². The van der Waals surface area contributed by atoms with Gasteiger partial charge in [-0.05, 0) is 121 Å². The zero-order chi connectivity index (χ0) is 38.1. The summed E-state index contributed by atoms with van der Waals surface area (Å²) >= 11 is 0. The lowest BCUT2D eigenvalue weighted by Crippen LogP contribution is -2.16. The zero-order valence-corrected chi connectivity index (χ0v) is 31.9. The second-order valence-electron chi connectivity index (χ2n) is 15.7. The van der Waals surface area contributed by atoms with Crippen LogP contribution in [0.15, 0.2) is 200 Å². The normalized spacial score (nSPS) is 13.0. The molecule has 0 saturated carbocycles. The van der Waals surface area contributed by atoms with Crippen molar-refractivity contribution in [3.8, 4) is 67.1 Å². The molecule has 2 heteroatoms. The van der Waals surface area contributed by atoms with Gasteiger partial charge < -0.3 is 9.64 Å². The molecule has 1 aliphatic heterocycles. The van der Waals surface area contributed by atoms with Gasteiger partial charge in [0.15, 0.2) is 0 Å². The monoisotopic (exact) mass is 729 g/mol. The lowest BCUT2D eigenvalue weighted by Gasteiger charge is -2.29. The van der Waals surface area contributed by atoms with Crippen LogP contribution in [0, 0.1) is 0 Å². The molecule has 1 aliphatic carbocycles. The SMILES string of the molecule is CC1(C)c2ccccc2-c2ccc(N(c3ccc(-c4ccccc4)cc3)c3ccc4c(c3)-c3ccccc3-c3c(cccc3-c3ccc5ccccc5c3)O4)cc21. The molecular formula is C55H39NO. The molecule has 57 heavy (non-hydrogen) atoms. The van der Waals surface area contributed by atoms with Crippen molar-refractivity contribution in [3.05, 3.63) is 211 Å². The van der Waals surface area contributed by atoms with Crippen molar-refractivity contribution in [2.24, 2.45) is 0 Å². The summed E-state index contributed by atoms with van der Waals surface area (Å²) in [5.74, 6) is 1.69. The molecule has 11 rings (SSSR count). The van der Waals surface area contributed by atoms with E-state index in [4.69, 9.17) is 4.74 Å². The maximum Gasteiger partial charge on any atom is 0.135 e. The van der Waals surface area contributed by atoms with Crippen molar-refractivity contribution in [2.45, 2.75) is 19.3 Å². The van der Waals surface area contributed by atoms with Crippen LogP contribution in [0.3, 0.4) is 0 Å². The third-order valence-corrected chi connectivity index (χ3v) is 12.1. The summed E-state index contributed by atoms with van der Waals surface area (Å²) in [6.45, 7) is 4.70. The number of anilines is 3. The van der Waals surface area contributed by atoms with Gasteiger partial charge in [0, 0.05) is 33.6 Å². The molecule has 0 bridgehead atoms. The smallest absolute Gasteiger partial charge is 0.135 e. The fourth-order valence-corrected chi connectivity index (χ4v) is 9.21. The maximum absolute atomic E-state index is 6.95. The van der Waals surface area contributed by atoms with Crippen LogP contribution in [0.25, 0.3) is 66.4 Å². The topological polar surface area (TPSA) is 12.5 Å². The summed E-state index contributed by atoms with van der Waals surface area (Å²) in [5.41, 5.74) is 17.7. The highest BCUT2D eigenvalue weighted by Crippen LogP contribution is 2.53. The molecule has 0 spiro atoms. The van der Waals surface area contributed by atoms with Crippen molar-refractivity contribution in [2.75, 3.05) is 4.90 Å². The first-order chi connectivity index (χ1) is 28.0. The first-order valence-electron chi connectivity index (χ1n) is 19.8. The number of benzene rings is 9. The molecule has 0 N–H and O–H groups in total. The Morgan fingerprint density at radius 1 is 0.351 bits per heavy atom. The van der Waals surface area contributed by atoms with Crippen LogP contribution in [0.1, 0.15) is 25.0 Å². The lowest BCUT2D eigenvalue weighted by molar-refractivity contribution is 0.488. The number of hydrogen-bond acceptors (Lipinski definition) is 2. The molecular weight excluding hydrogens is 691 g/mol. The highest BCUT2D eigenvalue weighted by atomic mass is 16.5. The number of ether oxygens (including phenoxy) is 1. The van der Waals surface area contributed by atoms with Crippen molar-refractivity contribution >= 4 is 27.8 Å². The van der Waals surface area contributed by atoms with Gasteiger partial charge in [-0.3, -0.25) is 0 Å². The Balaban J connectivity index is 1.08. The van der Waals surface area contributed by atoms with E-state index < -0.39 is 0 Å². The van der Waals surface area contributed by atoms with Gasteiger partial charge >= 0.3 is 0 Å². The summed E-state index contributed by atoms with van der Waals surface area (Å²) < 4.78 is 6.95. The predicted molar refractivity (Wildman–Crippen MR) is 238 cm³/mol. The second-order valence-corrected chi connectivity index (χ2v) is 15.7. The second kappa shape index (κ2) is 13.0. The number of fused-ring (bicyclic) bond motifs is 9. The summed E-state index contributed by atoms with van der Waals surface area (Å²) in [4.78, 5) is 2.40. The Morgan fingerprint density at radius 3 is 1.81 bits per heavy atom. The van der Waals surface area contributed by atoms with Gasteiger partial charge in [0.2, 0.25) is 0 Å². The largest absolute Gasteiger partial charge is 0.456 e. The molecule has 0 radical (unpaired) electrons. The van der Waals surface area contributed by atoms with E-state index in [2.05, 4.69) is 219 Å². The third-order valence-electron chi connectivity index (χ3n) is 12.1. The molecule has 9 aromatic rings. The molecule has 0 amide bonds. The van der Waals surface area contributed by atoms with Gasteiger partial charge in [-0.2, -0.15) is 0 Å². The molecule has 9 aromatic carbocycles. The minimum Gasteiger partial charge on any atom is -0.456 e. The van der Waals surface area contributed by atoms with Crippen LogP contribution >= 0.6 is 0 Å². The maximum atomic E-state index is 6.95. The summed E-state index contributed by atoms with van der Waals surface area (Å²) in [6.07, 6.45) is 0. The van der Waals surface area contributed by atoms with Crippen LogP contribution in [0.2, 0.25) is 0 Å². The quantitative estimate of drug-likeness (QED) is 0.175. The van der Waals surface area contributed by atoms with E-state index in [1.807, 2.05) is 0 Å². The van der Waals surface area contributed by atoms with E-state index in [0.717, 1.165) is 56.4 Å². The molecule has 2 aliphatic rings. The van der Waals surface area contributed by atoms with Crippen LogP contribution < -0.4 is 9.64 Å².